The number of halogens is 2. The van der Waals surface area contributed by atoms with Crippen molar-refractivity contribution in [2.45, 2.75) is 12.4 Å². The third-order valence-electron chi connectivity index (χ3n) is 3.35. The lowest BCUT2D eigenvalue weighted by Crippen LogP contribution is -2.03. The third kappa shape index (κ3) is 2.48. The van der Waals surface area contributed by atoms with Crippen molar-refractivity contribution in [1.29, 1.82) is 5.26 Å². The Balaban J connectivity index is 2.06. The third-order valence-corrected chi connectivity index (χ3v) is 3.59. The Labute approximate surface area is 126 Å². The first-order chi connectivity index (χ1) is 10.2. The molecule has 0 aliphatic heterocycles. The summed E-state index contributed by atoms with van der Waals surface area (Å²) in [6.45, 7) is 0.535. The molecule has 3 rings (SSSR count). The number of alkyl halides is 1. The van der Waals surface area contributed by atoms with E-state index in [0.717, 1.165) is 11.1 Å². The number of benzene rings is 2. The zero-order valence-electron chi connectivity index (χ0n) is 11.1. The highest BCUT2D eigenvalue weighted by atomic mass is 35.5. The number of fused-ring (bicyclic) bond motifs is 1. The van der Waals surface area contributed by atoms with E-state index in [2.05, 4.69) is 11.1 Å². The van der Waals surface area contributed by atoms with Crippen LogP contribution in [0.1, 0.15) is 17.0 Å². The van der Waals surface area contributed by atoms with Crippen LogP contribution in [-0.4, -0.2) is 9.55 Å². The van der Waals surface area contributed by atoms with Crippen LogP contribution in [0.25, 0.3) is 11.0 Å². The van der Waals surface area contributed by atoms with Crippen molar-refractivity contribution in [3.8, 4) is 6.07 Å². The fourth-order valence-corrected chi connectivity index (χ4v) is 2.51. The molecule has 0 N–H and O–H groups in total. The summed E-state index contributed by atoms with van der Waals surface area (Å²) in [6, 6.07) is 14.2. The Morgan fingerprint density at radius 2 is 1.95 bits per heavy atom. The van der Waals surface area contributed by atoms with Crippen molar-refractivity contribution in [1.82, 2.24) is 9.55 Å². The number of nitrogens with zero attached hydrogens (tertiary/aromatic N) is 3. The Morgan fingerprint density at radius 3 is 2.62 bits per heavy atom. The summed E-state index contributed by atoms with van der Waals surface area (Å²) in [5, 5.41) is 8.81. The van der Waals surface area contributed by atoms with Gasteiger partial charge in [0.2, 0.25) is 0 Å². The second-order valence-corrected chi connectivity index (χ2v) is 4.93. The Kier molecular flexibility index (Phi) is 3.59. The van der Waals surface area contributed by atoms with Crippen molar-refractivity contribution >= 4 is 22.6 Å². The van der Waals surface area contributed by atoms with Gasteiger partial charge in [-0.1, -0.05) is 18.2 Å². The largest absolute Gasteiger partial charge is 0.322 e. The number of rotatable bonds is 3. The van der Waals surface area contributed by atoms with Crippen molar-refractivity contribution in [3.05, 3.63) is 65.2 Å². The molecule has 0 unspecified atom stereocenters. The molecule has 1 aromatic heterocycles. The molecule has 0 aliphatic carbocycles. The van der Waals surface area contributed by atoms with E-state index in [-0.39, 0.29) is 11.7 Å². The maximum absolute atomic E-state index is 13.8. The summed E-state index contributed by atoms with van der Waals surface area (Å²) in [6.07, 6.45) is 0. The number of aromatic nitrogens is 2. The number of hydrogen-bond acceptors (Lipinski definition) is 2. The molecule has 3 aromatic rings. The van der Waals surface area contributed by atoms with Gasteiger partial charge in [0, 0.05) is 6.54 Å². The second kappa shape index (κ2) is 5.55. The summed E-state index contributed by atoms with van der Waals surface area (Å²) < 4.78 is 15.7. The smallest absolute Gasteiger partial charge is 0.151 e. The number of nitriles is 1. The van der Waals surface area contributed by atoms with Gasteiger partial charge in [-0.15, -0.1) is 11.6 Å². The normalized spacial score (nSPS) is 10.7. The Hall–Kier alpha value is -2.38. The fraction of sp³-hybridized carbons (Fsp3) is 0.125. The van der Waals surface area contributed by atoms with Crippen LogP contribution in [-0.2, 0) is 12.4 Å². The minimum atomic E-state index is -0.350. The molecule has 5 heteroatoms. The van der Waals surface area contributed by atoms with Crippen LogP contribution in [0.4, 0.5) is 4.39 Å². The van der Waals surface area contributed by atoms with Crippen LogP contribution in [0.2, 0.25) is 0 Å². The SMILES string of the molecule is N#Cc1ccc(Cn2c(CCl)nc3c(F)cccc32)cc1. The molecule has 0 aliphatic rings. The van der Waals surface area contributed by atoms with Crippen molar-refractivity contribution in [2.24, 2.45) is 0 Å². The summed E-state index contributed by atoms with van der Waals surface area (Å²) in [7, 11) is 0. The summed E-state index contributed by atoms with van der Waals surface area (Å²) in [4.78, 5) is 4.26. The van der Waals surface area contributed by atoms with Gasteiger partial charge in [0.05, 0.1) is 23.0 Å². The average molecular weight is 300 g/mol. The molecular formula is C16H11ClFN3. The number of imidazole rings is 1. The van der Waals surface area contributed by atoms with Crippen LogP contribution >= 0.6 is 11.6 Å². The highest BCUT2D eigenvalue weighted by molar-refractivity contribution is 6.16. The average Bonchev–Trinajstić information content (AvgIpc) is 2.87. The van der Waals surface area contributed by atoms with Crippen molar-refractivity contribution in [2.75, 3.05) is 0 Å². The molecular weight excluding hydrogens is 289 g/mol. The van der Waals surface area contributed by atoms with Gasteiger partial charge in [-0.2, -0.15) is 5.26 Å². The molecule has 104 valence electrons. The molecule has 0 saturated heterocycles. The quantitative estimate of drug-likeness (QED) is 0.690. The van der Waals surface area contributed by atoms with E-state index in [9.17, 15) is 4.39 Å². The fourth-order valence-electron chi connectivity index (χ4n) is 2.31. The molecule has 0 fully saturated rings. The maximum Gasteiger partial charge on any atom is 0.151 e. The highest BCUT2D eigenvalue weighted by Gasteiger charge is 2.13. The second-order valence-electron chi connectivity index (χ2n) is 4.66. The molecule has 0 radical (unpaired) electrons. The molecule has 0 bridgehead atoms. The molecule has 3 nitrogen and oxygen atoms in total. The van der Waals surface area contributed by atoms with Gasteiger partial charge in [0.15, 0.2) is 5.82 Å². The van der Waals surface area contributed by atoms with E-state index < -0.39 is 0 Å². The standard InChI is InChI=1S/C16H11ClFN3/c17-8-15-20-16-13(18)2-1-3-14(16)21(15)10-12-6-4-11(9-19)5-7-12/h1-7H,8,10H2. The van der Waals surface area contributed by atoms with E-state index >= 15 is 0 Å². The maximum atomic E-state index is 13.8. The van der Waals surface area contributed by atoms with Gasteiger partial charge in [0.25, 0.3) is 0 Å². The molecule has 0 saturated carbocycles. The molecule has 1 heterocycles. The lowest BCUT2D eigenvalue weighted by molar-refractivity contribution is 0.637. The van der Waals surface area contributed by atoms with Crippen LogP contribution in [0.5, 0.6) is 0 Å². The lowest BCUT2D eigenvalue weighted by atomic mass is 10.1. The predicted molar refractivity (Wildman–Crippen MR) is 79.5 cm³/mol. The molecule has 0 amide bonds. The molecule has 0 spiro atoms. The van der Waals surface area contributed by atoms with Gasteiger partial charge in [-0.3, -0.25) is 0 Å². The van der Waals surface area contributed by atoms with E-state index in [0.29, 0.717) is 23.4 Å². The number of para-hydroxylation sites is 1. The van der Waals surface area contributed by atoms with Gasteiger partial charge in [0.1, 0.15) is 11.3 Å². The van der Waals surface area contributed by atoms with Gasteiger partial charge in [-0.25, -0.2) is 9.37 Å². The van der Waals surface area contributed by atoms with Gasteiger partial charge in [-0.05, 0) is 29.8 Å². The minimum absolute atomic E-state index is 0.213. The summed E-state index contributed by atoms with van der Waals surface area (Å²) in [5.41, 5.74) is 2.67. The summed E-state index contributed by atoms with van der Waals surface area (Å²) >= 11 is 5.92. The van der Waals surface area contributed by atoms with Gasteiger partial charge < -0.3 is 4.57 Å². The van der Waals surface area contributed by atoms with E-state index in [1.807, 2.05) is 22.8 Å². The molecule has 21 heavy (non-hydrogen) atoms. The zero-order chi connectivity index (χ0) is 14.8. The Bertz CT molecular complexity index is 831. The predicted octanol–water partition coefficient (Wildman–Crippen LogP) is 3.83. The van der Waals surface area contributed by atoms with Crippen molar-refractivity contribution < 1.29 is 4.39 Å². The lowest BCUT2D eigenvalue weighted by Gasteiger charge is -2.08. The number of hydrogen-bond donors (Lipinski definition) is 0. The van der Waals surface area contributed by atoms with E-state index in [4.69, 9.17) is 16.9 Å². The first-order valence-electron chi connectivity index (χ1n) is 6.41. The minimum Gasteiger partial charge on any atom is -0.322 e. The molecule has 0 atom stereocenters. The zero-order valence-corrected chi connectivity index (χ0v) is 11.8. The highest BCUT2D eigenvalue weighted by Crippen LogP contribution is 2.21. The molecule has 2 aromatic carbocycles. The first kappa shape index (κ1) is 13.6. The van der Waals surface area contributed by atoms with Gasteiger partial charge >= 0.3 is 0 Å². The Morgan fingerprint density at radius 1 is 1.19 bits per heavy atom. The van der Waals surface area contributed by atoms with Crippen LogP contribution in [0.15, 0.2) is 42.5 Å². The van der Waals surface area contributed by atoms with Crippen LogP contribution in [0, 0.1) is 17.1 Å². The van der Waals surface area contributed by atoms with E-state index in [1.165, 1.54) is 6.07 Å². The topological polar surface area (TPSA) is 41.6 Å². The van der Waals surface area contributed by atoms with Crippen molar-refractivity contribution in [3.63, 3.8) is 0 Å². The monoisotopic (exact) mass is 299 g/mol. The van der Waals surface area contributed by atoms with Crippen LogP contribution in [0.3, 0.4) is 0 Å². The first-order valence-corrected chi connectivity index (χ1v) is 6.95. The van der Waals surface area contributed by atoms with Crippen LogP contribution < -0.4 is 0 Å². The van der Waals surface area contributed by atoms with E-state index in [1.54, 1.807) is 18.2 Å². The summed E-state index contributed by atoms with van der Waals surface area (Å²) in [5.74, 6) is 0.489.